The van der Waals surface area contributed by atoms with Gasteiger partial charge in [0.1, 0.15) is 0 Å². The number of carbonyl (C=O) groups excluding carboxylic acids is 1. The first kappa shape index (κ1) is 16.0. The van der Waals surface area contributed by atoms with Crippen LogP contribution in [0.5, 0.6) is 0 Å². The lowest BCUT2D eigenvalue weighted by molar-refractivity contribution is 0.102. The van der Waals surface area contributed by atoms with Crippen LogP contribution in [-0.4, -0.2) is 44.3 Å². The fraction of sp³-hybridized carbons (Fsp3) is 0.267. The summed E-state index contributed by atoms with van der Waals surface area (Å²) >= 11 is 6.18. The van der Waals surface area contributed by atoms with Gasteiger partial charge < -0.3 is 15.1 Å². The van der Waals surface area contributed by atoms with Crippen molar-refractivity contribution in [3.63, 3.8) is 0 Å². The molecular formula is C15H18ClN5O. The fourth-order valence-corrected chi connectivity index (χ4v) is 2.18. The van der Waals surface area contributed by atoms with Crippen LogP contribution >= 0.6 is 11.6 Å². The zero-order valence-corrected chi connectivity index (χ0v) is 13.7. The lowest BCUT2D eigenvalue weighted by Crippen LogP contribution is -2.17. The number of nitrogens with zero attached hydrogens (tertiary/aromatic N) is 4. The Morgan fingerprint density at radius 2 is 1.77 bits per heavy atom. The van der Waals surface area contributed by atoms with Crippen molar-refractivity contribution in [3.05, 3.63) is 41.0 Å². The van der Waals surface area contributed by atoms with Crippen LogP contribution < -0.4 is 15.1 Å². The first-order valence-electron chi connectivity index (χ1n) is 6.68. The van der Waals surface area contributed by atoms with Gasteiger partial charge in [0, 0.05) is 33.9 Å². The smallest absolute Gasteiger partial charge is 0.276 e. The summed E-state index contributed by atoms with van der Waals surface area (Å²) < 4.78 is 0. The molecule has 0 aliphatic heterocycles. The Labute approximate surface area is 134 Å². The van der Waals surface area contributed by atoms with Crippen molar-refractivity contribution in [3.8, 4) is 0 Å². The molecule has 0 saturated heterocycles. The molecule has 22 heavy (non-hydrogen) atoms. The van der Waals surface area contributed by atoms with Gasteiger partial charge in [-0.1, -0.05) is 11.6 Å². The molecule has 0 bridgehead atoms. The summed E-state index contributed by atoms with van der Waals surface area (Å²) in [7, 11) is 7.53. The molecule has 0 fully saturated rings. The highest BCUT2D eigenvalue weighted by atomic mass is 35.5. The Kier molecular flexibility index (Phi) is 4.82. The molecule has 1 N–H and O–H groups in total. The normalized spacial score (nSPS) is 10.2. The Morgan fingerprint density at radius 3 is 2.27 bits per heavy atom. The highest BCUT2D eigenvalue weighted by Gasteiger charge is 2.11. The van der Waals surface area contributed by atoms with E-state index in [1.807, 2.05) is 44.1 Å². The second-order valence-corrected chi connectivity index (χ2v) is 5.59. The first-order chi connectivity index (χ1) is 10.4. The van der Waals surface area contributed by atoms with E-state index in [0.717, 1.165) is 5.69 Å². The summed E-state index contributed by atoms with van der Waals surface area (Å²) in [6, 6.07) is 8.72. The SMILES string of the molecule is CN(C)c1ccc(C(=O)Nc2ccc(N(C)C)c(Cl)c2)nn1. The number of hydrogen-bond donors (Lipinski definition) is 1. The number of rotatable bonds is 4. The number of amides is 1. The average molecular weight is 320 g/mol. The molecule has 0 radical (unpaired) electrons. The molecular weight excluding hydrogens is 302 g/mol. The average Bonchev–Trinajstić information content (AvgIpc) is 2.47. The van der Waals surface area contributed by atoms with E-state index in [-0.39, 0.29) is 11.6 Å². The number of benzene rings is 1. The highest BCUT2D eigenvalue weighted by molar-refractivity contribution is 6.33. The van der Waals surface area contributed by atoms with Crippen molar-refractivity contribution in [1.82, 2.24) is 10.2 Å². The van der Waals surface area contributed by atoms with Gasteiger partial charge in [-0.25, -0.2) is 0 Å². The largest absolute Gasteiger partial charge is 0.376 e. The lowest BCUT2D eigenvalue weighted by atomic mass is 10.2. The maximum Gasteiger partial charge on any atom is 0.276 e. The third kappa shape index (κ3) is 3.65. The highest BCUT2D eigenvalue weighted by Crippen LogP contribution is 2.27. The summed E-state index contributed by atoms with van der Waals surface area (Å²) in [5.74, 6) is 0.362. The summed E-state index contributed by atoms with van der Waals surface area (Å²) in [4.78, 5) is 15.9. The third-order valence-corrected chi connectivity index (χ3v) is 3.33. The van der Waals surface area contributed by atoms with E-state index in [1.165, 1.54) is 0 Å². The van der Waals surface area contributed by atoms with Crippen molar-refractivity contribution in [2.75, 3.05) is 43.3 Å². The van der Waals surface area contributed by atoms with Crippen LogP contribution in [0.3, 0.4) is 0 Å². The standard InChI is InChI=1S/C15H18ClN5O/c1-20(2)13-7-5-10(9-11(13)16)17-15(22)12-6-8-14(19-18-12)21(3)4/h5-9H,1-4H3,(H,17,22). The van der Waals surface area contributed by atoms with Gasteiger partial charge in [0.15, 0.2) is 11.5 Å². The van der Waals surface area contributed by atoms with E-state index in [0.29, 0.717) is 16.5 Å². The van der Waals surface area contributed by atoms with Crippen molar-refractivity contribution in [2.45, 2.75) is 0 Å². The van der Waals surface area contributed by atoms with Crippen LogP contribution in [0.4, 0.5) is 17.2 Å². The quantitative estimate of drug-likeness (QED) is 0.938. The van der Waals surface area contributed by atoms with Crippen molar-refractivity contribution in [2.24, 2.45) is 0 Å². The monoisotopic (exact) mass is 319 g/mol. The second-order valence-electron chi connectivity index (χ2n) is 5.19. The Hall–Kier alpha value is -2.34. The van der Waals surface area contributed by atoms with Gasteiger partial charge in [-0.3, -0.25) is 4.79 Å². The Morgan fingerprint density at radius 1 is 1.05 bits per heavy atom. The zero-order chi connectivity index (χ0) is 16.3. The van der Waals surface area contributed by atoms with Crippen molar-refractivity contribution in [1.29, 1.82) is 0 Å². The van der Waals surface area contributed by atoms with Crippen LogP contribution in [0.15, 0.2) is 30.3 Å². The van der Waals surface area contributed by atoms with Gasteiger partial charge in [0.2, 0.25) is 0 Å². The molecule has 1 aromatic heterocycles. The molecule has 0 aliphatic rings. The van der Waals surface area contributed by atoms with E-state index in [4.69, 9.17) is 11.6 Å². The van der Waals surface area contributed by atoms with Crippen molar-refractivity contribution >= 4 is 34.7 Å². The molecule has 2 rings (SSSR count). The second kappa shape index (κ2) is 6.62. The maximum absolute atomic E-state index is 12.1. The molecule has 6 nitrogen and oxygen atoms in total. The fourth-order valence-electron chi connectivity index (χ4n) is 1.83. The van der Waals surface area contributed by atoms with Gasteiger partial charge in [-0.05, 0) is 30.3 Å². The molecule has 1 heterocycles. The predicted molar refractivity (Wildman–Crippen MR) is 90.1 cm³/mol. The number of aromatic nitrogens is 2. The first-order valence-corrected chi connectivity index (χ1v) is 7.05. The topological polar surface area (TPSA) is 61.4 Å². The van der Waals surface area contributed by atoms with Gasteiger partial charge in [0.05, 0.1) is 10.7 Å². The zero-order valence-electron chi connectivity index (χ0n) is 13.0. The molecule has 0 unspecified atom stereocenters. The Bertz CT molecular complexity index is 670. The predicted octanol–water partition coefficient (Wildman–Crippen LogP) is 2.51. The van der Waals surface area contributed by atoms with Crippen molar-refractivity contribution < 1.29 is 4.79 Å². The van der Waals surface area contributed by atoms with E-state index >= 15 is 0 Å². The van der Waals surface area contributed by atoms with E-state index in [1.54, 1.807) is 24.3 Å². The summed E-state index contributed by atoms with van der Waals surface area (Å²) in [6.45, 7) is 0. The molecule has 1 aromatic carbocycles. The van der Waals surface area contributed by atoms with Crippen LogP contribution in [0.2, 0.25) is 5.02 Å². The van der Waals surface area contributed by atoms with E-state index in [9.17, 15) is 4.79 Å². The number of halogens is 1. The van der Waals surface area contributed by atoms with Gasteiger partial charge in [0.25, 0.3) is 5.91 Å². The minimum absolute atomic E-state index is 0.249. The van der Waals surface area contributed by atoms with Gasteiger partial charge in [-0.15, -0.1) is 10.2 Å². The molecule has 0 atom stereocenters. The van der Waals surface area contributed by atoms with Gasteiger partial charge >= 0.3 is 0 Å². The minimum Gasteiger partial charge on any atom is -0.376 e. The van der Waals surface area contributed by atoms with Crippen LogP contribution in [0.25, 0.3) is 0 Å². The van der Waals surface area contributed by atoms with E-state index < -0.39 is 0 Å². The van der Waals surface area contributed by atoms with E-state index in [2.05, 4.69) is 15.5 Å². The summed E-state index contributed by atoms with van der Waals surface area (Å²) in [6.07, 6.45) is 0. The number of hydrogen-bond acceptors (Lipinski definition) is 5. The molecule has 7 heteroatoms. The number of nitrogens with one attached hydrogen (secondary N) is 1. The third-order valence-electron chi connectivity index (χ3n) is 3.03. The Balaban J connectivity index is 2.13. The van der Waals surface area contributed by atoms with Gasteiger partial charge in [-0.2, -0.15) is 0 Å². The molecule has 116 valence electrons. The molecule has 0 aliphatic carbocycles. The molecule has 2 aromatic rings. The van der Waals surface area contributed by atoms with Crippen LogP contribution in [0, 0.1) is 0 Å². The molecule has 0 spiro atoms. The minimum atomic E-state index is -0.327. The number of anilines is 3. The number of carbonyl (C=O) groups is 1. The summed E-state index contributed by atoms with van der Waals surface area (Å²) in [5, 5.41) is 11.2. The lowest BCUT2D eigenvalue weighted by Gasteiger charge is -2.15. The summed E-state index contributed by atoms with van der Waals surface area (Å²) in [5.41, 5.74) is 1.74. The van der Waals surface area contributed by atoms with Crippen LogP contribution in [0.1, 0.15) is 10.5 Å². The molecule has 0 saturated carbocycles. The van der Waals surface area contributed by atoms with Crippen LogP contribution in [-0.2, 0) is 0 Å². The molecule has 1 amide bonds. The maximum atomic E-state index is 12.1.